The van der Waals surface area contributed by atoms with E-state index in [4.69, 9.17) is 17.3 Å². The fourth-order valence-corrected chi connectivity index (χ4v) is 3.10. The molecular formula is C16H12BrClN2OS. The number of ketones is 1. The Bertz CT molecular complexity index is 756. The number of nitrogens with two attached hydrogens (primary N) is 1. The first-order chi connectivity index (χ1) is 10.5. The van der Waals surface area contributed by atoms with Gasteiger partial charge in [-0.05, 0) is 42.7 Å². The second kappa shape index (κ2) is 7.19. The fourth-order valence-electron chi connectivity index (χ4n) is 2.05. The van der Waals surface area contributed by atoms with Crippen LogP contribution in [0.1, 0.15) is 26.7 Å². The number of halogens is 2. The molecule has 0 fully saturated rings. The normalized spacial score (nSPS) is 11.7. The van der Waals surface area contributed by atoms with Gasteiger partial charge in [-0.2, -0.15) is 5.26 Å². The number of carbonyl (C=O) groups excluding carboxylic acids is 1. The molecule has 2 rings (SSSR count). The minimum atomic E-state index is -0.463. The SMILES string of the molecule is CSC(C#N)c1cc(Cl)cc(C(=O)c2ccc(Br)cc2)c1N. The van der Waals surface area contributed by atoms with Crippen molar-refractivity contribution in [2.24, 2.45) is 0 Å². The van der Waals surface area contributed by atoms with Gasteiger partial charge < -0.3 is 5.73 Å². The number of benzene rings is 2. The molecule has 0 bridgehead atoms. The largest absolute Gasteiger partial charge is 0.398 e. The van der Waals surface area contributed by atoms with Crippen LogP contribution in [-0.4, -0.2) is 12.0 Å². The van der Waals surface area contributed by atoms with E-state index in [1.165, 1.54) is 11.8 Å². The van der Waals surface area contributed by atoms with E-state index in [9.17, 15) is 10.1 Å². The third-order valence-corrected chi connectivity index (χ3v) is 4.74. The van der Waals surface area contributed by atoms with E-state index in [1.807, 2.05) is 6.26 Å². The number of nitrogens with zero attached hydrogens (tertiary/aromatic N) is 1. The van der Waals surface area contributed by atoms with E-state index >= 15 is 0 Å². The highest BCUT2D eigenvalue weighted by Gasteiger charge is 2.20. The van der Waals surface area contributed by atoms with Crippen LogP contribution < -0.4 is 5.73 Å². The maximum atomic E-state index is 12.6. The van der Waals surface area contributed by atoms with Crippen LogP contribution in [0.15, 0.2) is 40.9 Å². The van der Waals surface area contributed by atoms with Crippen LogP contribution in [0.4, 0.5) is 5.69 Å². The van der Waals surface area contributed by atoms with E-state index in [-0.39, 0.29) is 5.78 Å². The molecule has 1 unspecified atom stereocenters. The minimum absolute atomic E-state index is 0.216. The molecule has 1 atom stereocenters. The quantitative estimate of drug-likeness (QED) is 0.594. The Balaban J connectivity index is 2.54. The molecule has 22 heavy (non-hydrogen) atoms. The predicted octanol–water partition coefficient (Wildman–Crippen LogP) is 4.84. The number of nitriles is 1. The molecule has 0 saturated carbocycles. The summed E-state index contributed by atoms with van der Waals surface area (Å²) in [6.45, 7) is 0. The van der Waals surface area contributed by atoms with Crippen molar-refractivity contribution in [1.29, 1.82) is 5.26 Å². The molecule has 0 spiro atoms. The Morgan fingerprint density at radius 1 is 1.36 bits per heavy atom. The molecule has 0 amide bonds. The van der Waals surface area contributed by atoms with Gasteiger partial charge in [0.2, 0.25) is 0 Å². The molecular weight excluding hydrogens is 384 g/mol. The van der Waals surface area contributed by atoms with Crippen molar-refractivity contribution in [2.75, 3.05) is 12.0 Å². The Hall–Kier alpha value is -1.48. The highest BCUT2D eigenvalue weighted by atomic mass is 79.9. The molecule has 112 valence electrons. The molecule has 2 aromatic rings. The highest BCUT2D eigenvalue weighted by Crippen LogP contribution is 2.35. The van der Waals surface area contributed by atoms with Gasteiger partial charge in [0.15, 0.2) is 5.78 Å². The zero-order valence-electron chi connectivity index (χ0n) is 11.6. The maximum absolute atomic E-state index is 12.6. The van der Waals surface area contributed by atoms with Crippen molar-refractivity contribution in [3.63, 3.8) is 0 Å². The van der Waals surface area contributed by atoms with E-state index in [0.29, 0.717) is 27.4 Å². The zero-order valence-corrected chi connectivity index (χ0v) is 14.8. The summed E-state index contributed by atoms with van der Waals surface area (Å²) in [6.07, 6.45) is 1.81. The summed E-state index contributed by atoms with van der Waals surface area (Å²) < 4.78 is 0.885. The molecule has 0 aromatic heterocycles. The summed E-state index contributed by atoms with van der Waals surface area (Å²) in [4.78, 5) is 12.6. The summed E-state index contributed by atoms with van der Waals surface area (Å²) >= 11 is 10.8. The summed E-state index contributed by atoms with van der Waals surface area (Å²) in [7, 11) is 0. The van der Waals surface area contributed by atoms with Crippen molar-refractivity contribution in [3.8, 4) is 6.07 Å². The van der Waals surface area contributed by atoms with E-state index in [2.05, 4.69) is 22.0 Å². The molecule has 0 aliphatic carbocycles. The van der Waals surface area contributed by atoms with Gasteiger partial charge >= 0.3 is 0 Å². The predicted molar refractivity (Wildman–Crippen MR) is 95.3 cm³/mol. The Morgan fingerprint density at radius 2 is 2.00 bits per heavy atom. The number of carbonyl (C=O) groups is 1. The topological polar surface area (TPSA) is 66.9 Å². The van der Waals surface area contributed by atoms with Gasteiger partial charge in [0, 0.05) is 31.9 Å². The lowest BCUT2D eigenvalue weighted by Gasteiger charge is -2.14. The lowest BCUT2D eigenvalue weighted by molar-refractivity contribution is 0.103. The minimum Gasteiger partial charge on any atom is -0.398 e. The van der Waals surface area contributed by atoms with Crippen molar-refractivity contribution >= 4 is 50.8 Å². The second-order valence-corrected chi connectivity index (χ2v) is 6.83. The second-order valence-electron chi connectivity index (χ2n) is 4.54. The molecule has 0 saturated heterocycles. The summed E-state index contributed by atoms with van der Waals surface area (Å²) in [6, 6.07) is 12.3. The van der Waals surface area contributed by atoms with E-state index < -0.39 is 5.25 Å². The summed E-state index contributed by atoms with van der Waals surface area (Å²) in [5, 5.41) is 9.14. The van der Waals surface area contributed by atoms with Crippen LogP contribution in [0.5, 0.6) is 0 Å². The zero-order chi connectivity index (χ0) is 16.3. The molecule has 6 heteroatoms. The molecule has 2 N–H and O–H groups in total. The van der Waals surface area contributed by atoms with Crippen LogP contribution in [0.3, 0.4) is 0 Å². The molecule has 0 radical (unpaired) electrons. The Morgan fingerprint density at radius 3 is 2.55 bits per heavy atom. The first-order valence-electron chi connectivity index (χ1n) is 6.29. The average Bonchev–Trinajstić information content (AvgIpc) is 2.51. The fraction of sp³-hybridized carbons (Fsp3) is 0.125. The van der Waals surface area contributed by atoms with Crippen LogP contribution in [0.25, 0.3) is 0 Å². The van der Waals surface area contributed by atoms with Crippen LogP contribution in [0.2, 0.25) is 5.02 Å². The third kappa shape index (κ3) is 3.46. The number of anilines is 1. The van der Waals surface area contributed by atoms with E-state index in [0.717, 1.165) is 4.47 Å². The van der Waals surface area contributed by atoms with Gasteiger partial charge in [-0.15, -0.1) is 11.8 Å². The van der Waals surface area contributed by atoms with Gasteiger partial charge in [-0.25, -0.2) is 0 Å². The van der Waals surface area contributed by atoms with Gasteiger partial charge in [0.25, 0.3) is 0 Å². The standard InChI is InChI=1S/C16H12BrClN2OS/c1-22-14(8-19)12-6-11(18)7-13(15(12)20)16(21)9-2-4-10(17)5-3-9/h2-7,14H,20H2,1H3. The molecule has 0 aliphatic rings. The van der Waals surface area contributed by atoms with Gasteiger partial charge in [-0.3, -0.25) is 4.79 Å². The smallest absolute Gasteiger partial charge is 0.195 e. The van der Waals surface area contributed by atoms with Crippen molar-refractivity contribution < 1.29 is 4.79 Å². The van der Waals surface area contributed by atoms with Gasteiger partial charge in [-0.1, -0.05) is 27.5 Å². The van der Waals surface area contributed by atoms with Crippen LogP contribution in [-0.2, 0) is 0 Å². The maximum Gasteiger partial charge on any atom is 0.195 e. The highest BCUT2D eigenvalue weighted by molar-refractivity contribution is 9.10. The van der Waals surface area contributed by atoms with Crippen molar-refractivity contribution in [2.45, 2.75) is 5.25 Å². The van der Waals surface area contributed by atoms with Crippen molar-refractivity contribution in [3.05, 3.63) is 62.6 Å². The first kappa shape index (κ1) is 16.9. The molecule has 3 nitrogen and oxygen atoms in total. The number of thioether (sulfide) groups is 1. The molecule has 0 aliphatic heterocycles. The number of rotatable bonds is 4. The monoisotopic (exact) mass is 394 g/mol. The molecule has 2 aromatic carbocycles. The van der Waals surface area contributed by atoms with Gasteiger partial charge in [0.1, 0.15) is 5.25 Å². The first-order valence-corrected chi connectivity index (χ1v) is 8.75. The lowest BCUT2D eigenvalue weighted by atomic mass is 9.98. The Kier molecular flexibility index (Phi) is 5.52. The number of hydrogen-bond acceptors (Lipinski definition) is 4. The van der Waals surface area contributed by atoms with Crippen molar-refractivity contribution in [1.82, 2.24) is 0 Å². The summed E-state index contributed by atoms with van der Waals surface area (Å²) in [5.74, 6) is -0.216. The number of hydrogen-bond donors (Lipinski definition) is 1. The van der Waals surface area contributed by atoms with Crippen LogP contribution >= 0.6 is 39.3 Å². The molecule has 0 heterocycles. The van der Waals surface area contributed by atoms with Crippen LogP contribution in [0, 0.1) is 11.3 Å². The Labute approximate surface area is 146 Å². The van der Waals surface area contributed by atoms with Gasteiger partial charge in [0.05, 0.1) is 6.07 Å². The number of nitrogen functional groups attached to an aromatic ring is 1. The lowest BCUT2D eigenvalue weighted by Crippen LogP contribution is -2.09. The summed E-state index contributed by atoms with van der Waals surface area (Å²) in [5.41, 5.74) is 7.83. The third-order valence-electron chi connectivity index (χ3n) is 3.16. The average molecular weight is 396 g/mol. The van der Waals surface area contributed by atoms with E-state index in [1.54, 1.807) is 36.4 Å².